The normalized spacial score (nSPS) is 10.8. The smallest absolute Gasteiger partial charge is 0.103 e. The van der Waals surface area contributed by atoms with Gasteiger partial charge in [-0.25, -0.2) is 0 Å². The zero-order valence-electron chi connectivity index (χ0n) is 11.3. The zero-order valence-corrected chi connectivity index (χ0v) is 13.7. The Balaban J connectivity index is 2.05. The highest BCUT2D eigenvalue weighted by atomic mass is 79.9. The van der Waals surface area contributed by atoms with Crippen LogP contribution in [0.5, 0.6) is 0 Å². The fourth-order valence-corrected chi connectivity index (χ4v) is 2.65. The predicted molar refractivity (Wildman–Crippen MR) is 91.6 cm³/mol. The second-order valence-electron chi connectivity index (χ2n) is 4.83. The molecule has 0 saturated carbocycles. The van der Waals surface area contributed by atoms with Crippen LogP contribution in [0, 0.1) is 0 Å². The number of hydrogen-bond acceptors (Lipinski definition) is 2. The van der Waals surface area contributed by atoms with E-state index in [2.05, 4.69) is 58.2 Å². The highest BCUT2D eigenvalue weighted by molar-refractivity contribution is 9.10. The topological polar surface area (TPSA) is 29.3 Å². The highest BCUT2D eigenvalue weighted by Gasteiger charge is 2.05. The number of benzene rings is 2. The van der Waals surface area contributed by atoms with E-state index in [1.807, 2.05) is 18.2 Å². The van der Waals surface area contributed by atoms with Crippen molar-refractivity contribution in [2.45, 2.75) is 13.1 Å². The number of hydrogen-bond donors (Lipinski definition) is 1. The summed E-state index contributed by atoms with van der Waals surface area (Å²) in [7, 11) is 2.10. The minimum atomic E-state index is 0.445. The molecule has 20 heavy (non-hydrogen) atoms. The first kappa shape index (κ1) is 15.2. The molecule has 2 nitrogen and oxygen atoms in total. The monoisotopic (exact) mass is 348 g/mol. The van der Waals surface area contributed by atoms with Gasteiger partial charge in [0.25, 0.3) is 0 Å². The van der Waals surface area contributed by atoms with E-state index in [0.29, 0.717) is 4.99 Å². The summed E-state index contributed by atoms with van der Waals surface area (Å²) in [6.45, 7) is 1.75. The van der Waals surface area contributed by atoms with Crippen LogP contribution >= 0.6 is 28.1 Å². The summed E-state index contributed by atoms with van der Waals surface area (Å²) in [6.07, 6.45) is 0. The first-order valence-electron chi connectivity index (χ1n) is 6.37. The van der Waals surface area contributed by atoms with Gasteiger partial charge in [-0.05, 0) is 30.3 Å². The molecule has 0 unspecified atom stereocenters. The molecule has 0 atom stereocenters. The summed E-state index contributed by atoms with van der Waals surface area (Å²) in [5.74, 6) is 0. The Morgan fingerprint density at radius 1 is 1.15 bits per heavy atom. The van der Waals surface area contributed by atoms with Crippen molar-refractivity contribution < 1.29 is 0 Å². The fraction of sp³-hybridized carbons (Fsp3) is 0.188. The molecular weight excluding hydrogens is 332 g/mol. The van der Waals surface area contributed by atoms with Crippen molar-refractivity contribution >= 4 is 33.1 Å². The van der Waals surface area contributed by atoms with Crippen molar-refractivity contribution in [1.29, 1.82) is 0 Å². The molecule has 2 aromatic rings. The second-order valence-corrected chi connectivity index (χ2v) is 6.12. The molecule has 0 fully saturated rings. The summed E-state index contributed by atoms with van der Waals surface area (Å²) in [5.41, 5.74) is 9.08. The van der Waals surface area contributed by atoms with Crippen molar-refractivity contribution in [1.82, 2.24) is 4.90 Å². The Labute approximate surface area is 133 Å². The Morgan fingerprint density at radius 2 is 1.90 bits per heavy atom. The maximum atomic E-state index is 5.67. The Bertz CT molecular complexity index is 613. The lowest BCUT2D eigenvalue weighted by atomic mass is 10.1. The molecule has 0 saturated heterocycles. The van der Waals surface area contributed by atoms with Crippen LogP contribution < -0.4 is 5.73 Å². The Kier molecular flexibility index (Phi) is 5.29. The molecule has 0 aliphatic heterocycles. The molecule has 0 aliphatic carbocycles. The average Bonchev–Trinajstić information content (AvgIpc) is 2.41. The molecule has 104 valence electrons. The molecular formula is C16H17BrN2S. The molecule has 2 aromatic carbocycles. The van der Waals surface area contributed by atoms with Crippen molar-refractivity contribution in [2.24, 2.45) is 5.73 Å². The van der Waals surface area contributed by atoms with E-state index in [1.54, 1.807) is 0 Å². The lowest BCUT2D eigenvalue weighted by Crippen LogP contribution is -2.18. The fourth-order valence-electron chi connectivity index (χ4n) is 2.11. The van der Waals surface area contributed by atoms with Crippen molar-refractivity contribution in [3.05, 3.63) is 69.7 Å². The number of halogens is 1. The average molecular weight is 349 g/mol. The van der Waals surface area contributed by atoms with Gasteiger partial charge in [0.2, 0.25) is 0 Å². The largest absolute Gasteiger partial charge is 0.389 e. The minimum Gasteiger partial charge on any atom is -0.389 e. The number of nitrogens with zero attached hydrogens (tertiary/aromatic N) is 1. The maximum Gasteiger partial charge on any atom is 0.103 e. The summed E-state index contributed by atoms with van der Waals surface area (Å²) < 4.78 is 1.14. The van der Waals surface area contributed by atoms with Crippen LogP contribution in [0.25, 0.3) is 0 Å². The number of nitrogens with two attached hydrogens (primary N) is 1. The molecule has 0 heterocycles. The van der Waals surface area contributed by atoms with Gasteiger partial charge in [0.1, 0.15) is 4.99 Å². The van der Waals surface area contributed by atoms with Crippen LogP contribution in [0.1, 0.15) is 16.7 Å². The third-order valence-electron chi connectivity index (χ3n) is 3.06. The third-order valence-corrected chi connectivity index (χ3v) is 4.07. The van der Waals surface area contributed by atoms with Gasteiger partial charge in [-0.15, -0.1) is 0 Å². The van der Waals surface area contributed by atoms with Gasteiger partial charge < -0.3 is 5.73 Å². The highest BCUT2D eigenvalue weighted by Crippen LogP contribution is 2.18. The van der Waals surface area contributed by atoms with Gasteiger partial charge in [-0.3, -0.25) is 4.90 Å². The number of thiocarbonyl (C=S) groups is 1. The molecule has 2 rings (SSSR count). The van der Waals surface area contributed by atoms with Gasteiger partial charge in [-0.1, -0.05) is 64.5 Å². The molecule has 4 heteroatoms. The second kappa shape index (κ2) is 6.97. The molecule has 0 aromatic heterocycles. The van der Waals surface area contributed by atoms with Crippen molar-refractivity contribution in [3.8, 4) is 0 Å². The van der Waals surface area contributed by atoms with E-state index in [9.17, 15) is 0 Å². The van der Waals surface area contributed by atoms with Gasteiger partial charge in [-0.2, -0.15) is 0 Å². The summed E-state index contributed by atoms with van der Waals surface area (Å²) in [4.78, 5) is 2.71. The van der Waals surface area contributed by atoms with Gasteiger partial charge >= 0.3 is 0 Å². The SMILES string of the molecule is CN(Cc1cccc(C(N)=S)c1)Cc1ccccc1Br. The zero-order chi connectivity index (χ0) is 14.5. The molecule has 0 spiro atoms. The molecule has 0 radical (unpaired) electrons. The van der Waals surface area contributed by atoms with E-state index >= 15 is 0 Å². The lowest BCUT2D eigenvalue weighted by molar-refractivity contribution is 0.318. The maximum absolute atomic E-state index is 5.67. The van der Waals surface area contributed by atoms with Crippen molar-refractivity contribution in [2.75, 3.05) is 7.05 Å². The Morgan fingerprint density at radius 3 is 2.60 bits per heavy atom. The quantitative estimate of drug-likeness (QED) is 0.835. The standard InChI is InChI=1S/C16H17BrN2S/c1-19(11-14-6-2-3-8-15(14)17)10-12-5-4-7-13(9-12)16(18)20/h2-9H,10-11H2,1H3,(H2,18,20). The Hall–Kier alpha value is -1.23. The van der Waals surface area contributed by atoms with E-state index in [-0.39, 0.29) is 0 Å². The van der Waals surface area contributed by atoms with Crippen LogP contribution in [0.2, 0.25) is 0 Å². The van der Waals surface area contributed by atoms with E-state index < -0.39 is 0 Å². The molecule has 0 aliphatic rings. The first-order valence-corrected chi connectivity index (χ1v) is 7.57. The summed E-state index contributed by atoms with van der Waals surface area (Å²) in [6, 6.07) is 16.4. The van der Waals surface area contributed by atoms with Gasteiger partial charge in [0, 0.05) is 23.1 Å². The van der Waals surface area contributed by atoms with E-state index in [1.165, 1.54) is 11.1 Å². The van der Waals surface area contributed by atoms with Crippen LogP contribution in [0.4, 0.5) is 0 Å². The van der Waals surface area contributed by atoms with Crippen molar-refractivity contribution in [3.63, 3.8) is 0 Å². The van der Waals surface area contributed by atoms with Crippen LogP contribution in [0.3, 0.4) is 0 Å². The molecule has 2 N–H and O–H groups in total. The summed E-state index contributed by atoms with van der Waals surface area (Å²) in [5, 5.41) is 0. The molecule has 0 amide bonds. The van der Waals surface area contributed by atoms with Gasteiger partial charge in [0.15, 0.2) is 0 Å². The predicted octanol–water partition coefficient (Wildman–Crippen LogP) is 3.72. The minimum absolute atomic E-state index is 0.445. The first-order chi connectivity index (χ1) is 9.56. The summed E-state index contributed by atoms with van der Waals surface area (Å²) >= 11 is 8.60. The van der Waals surface area contributed by atoms with Gasteiger partial charge in [0.05, 0.1) is 0 Å². The lowest BCUT2D eigenvalue weighted by Gasteiger charge is -2.18. The van der Waals surface area contributed by atoms with Crippen LogP contribution in [-0.4, -0.2) is 16.9 Å². The van der Waals surface area contributed by atoms with Crippen LogP contribution in [0.15, 0.2) is 53.0 Å². The van der Waals surface area contributed by atoms with Crippen LogP contribution in [-0.2, 0) is 13.1 Å². The molecule has 0 bridgehead atoms. The van der Waals surface area contributed by atoms with E-state index in [4.69, 9.17) is 18.0 Å². The number of rotatable bonds is 5. The third kappa shape index (κ3) is 4.13. The van der Waals surface area contributed by atoms with E-state index in [0.717, 1.165) is 23.1 Å².